The summed E-state index contributed by atoms with van der Waals surface area (Å²) in [6.45, 7) is 3.52. The van der Waals surface area contributed by atoms with E-state index < -0.39 is 23.5 Å². The summed E-state index contributed by atoms with van der Waals surface area (Å²) in [7, 11) is 1.89. The van der Waals surface area contributed by atoms with Crippen LogP contribution in [-0.2, 0) is 32.5 Å². The van der Waals surface area contributed by atoms with Crippen molar-refractivity contribution in [1.82, 2.24) is 19.9 Å². The Morgan fingerprint density at radius 2 is 1.62 bits per heavy atom. The van der Waals surface area contributed by atoms with Gasteiger partial charge in [0.2, 0.25) is 0 Å². The van der Waals surface area contributed by atoms with Crippen LogP contribution in [-0.4, -0.2) is 27.6 Å². The number of fused-ring (bicyclic) bond motifs is 1. The van der Waals surface area contributed by atoms with E-state index in [2.05, 4.69) is 21.3 Å². The molecular formula is C26H27F6N5. The Morgan fingerprint density at radius 1 is 0.973 bits per heavy atom. The number of alkyl halides is 6. The molecule has 0 amide bonds. The number of halogens is 6. The van der Waals surface area contributed by atoms with Gasteiger partial charge in [0, 0.05) is 38.8 Å². The van der Waals surface area contributed by atoms with Gasteiger partial charge in [-0.05, 0) is 61.9 Å². The van der Waals surface area contributed by atoms with Gasteiger partial charge >= 0.3 is 12.4 Å². The molecule has 0 spiro atoms. The molecule has 1 N–H and O–H groups in total. The Balaban J connectivity index is 1.43. The summed E-state index contributed by atoms with van der Waals surface area (Å²) >= 11 is 0. The molecule has 198 valence electrons. The molecule has 11 heteroatoms. The van der Waals surface area contributed by atoms with Crippen LogP contribution in [0.1, 0.15) is 47.3 Å². The lowest BCUT2D eigenvalue weighted by Gasteiger charge is -2.26. The molecule has 2 heterocycles. The van der Waals surface area contributed by atoms with E-state index in [4.69, 9.17) is 4.98 Å². The minimum absolute atomic E-state index is 0.0932. The van der Waals surface area contributed by atoms with Gasteiger partial charge in [0.15, 0.2) is 5.65 Å². The van der Waals surface area contributed by atoms with Crippen molar-refractivity contribution < 1.29 is 26.3 Å². The lowest BCUT2D eigenvalue weighted by atomic mass is 10.0. The predicted molar refractivity (Wildman–Crippen MR) is 128 cm³/mol. The van der Waals surface area contributed by atoms with Crippen LogP contribution in [0.3, 0.4) is 0 Å². The maximum Gasteiger partial charge on any atom is 0.416 e. The maximum absolute atomic E-state index is 13.3. The number of benzene rings is 1. The lowest BCUT2D eigenvalue weighted by Crippen LogP contribution is -2.29. The van der Waals surface area contributed by atoms with Gasteiger partial charge in [0.05, 0.1) is 11.1 Å². The molecule has 2 aliphatic carbocycles. The number of anilines is 1. The molecule has 5 nitrogen and oxygen atoms in total. The average Bonchev–Trinajstić information content (AvgIpc) is 3.74. The summed E-state index contributed by atoms with van der Waals surface area (Å²) < 4.78 is 81.4. The molecule has 0 unspecified atom stereocenters. The second kappa shape index (κ2) is 9.34. The molecule has 37 heavy (non-hydrogen) atoms. The second-order valence-corrected chi connectivity index (χ2v) is 9.94. The van der Waals surface area contributed by atoms with Crippen molar-refractivity contribution in [3.05, 3.63) is 64.0 Å². The molecule has 0 atom stereocenters. The summed E-state index contributed by atoms with van der Waals surface area (Å²) in [5.74, 6) is 2.15. The normalized spacial score (nSPS) is 15.8. The van der Waals surface area contributed by atoms with Crippen molar-refractivity contribution in [2.24, 2.45) is 13.0 Å². The fourth-order valence-electron chi connectivity index (χ4n) is 4.41. The number of allylic oxidation sites excluding steroid dienone is 1. The Hall–Kier alpha value is -3.08. The number of imidazole rings is 1. The van der Waals surface area contributed by atoms with Crippen molar-refractivity contribution in [3.63, 3.8) is 0 Å². The van der Waals surface area contributed by atoms with E-state index in [1.807, 2.05) is 24.6 Å². The first kappa shape index (κ1) is 25.6. The van der Waals surface area contributed by atoms with Gasteiger partial charge < -0.3 is 14.8 Å². The highest BCUT2D eigenvalue weighted by molar-refractivity contribution is 5.76. The van der Waals surface area contributed by atoms with Crippen molar-refractivity contribution in [2.45, 2.75) is 51.6 Å². The number of aromatic nitrogens is 3. The quantitative estimate of drug-likeness (QED) is 0.270. The van der Waals surface area contributed by atoms with E-state index in [1.54, 1.807) is 0 Å². The molecule has 0 saturated heterocycles. The summed E-state index contributed by atoms with van der Waals surface area (Å²) in [4.78, 5) is 11.7. The van der Waals surface area contributed by atoms with Crippen molar-refractivity contribution >= 4 is 17.0 Å². The van der Waals surface area contributed by atoms with Crippen molar-refractivity contribution in [2.75, 3.05) is 18.0 Å². The second-order valence-electron chi connectivity index (χ2n) is 9.94. The van der Waals surface area contributed by atoms with Crippen LogP contribution in [0, 0.1) is 12.8 Å². The largest absolute Gasteiger partial charge is 0.416 e. The maximum atomic E-state index is 13.3. The van der Waals surface area contributed by atoms with E-state index in [-0.39, 0.29) is 24.7 Å². The van der Waals surface area contributed by atoms with Gasteiger partial charge in [-0.2, -0.15) is 26.3 Å². The van der Waals surface area contributed by atoms with Gasteiger partial charge in [-0.1, -0.05) is 11.6 Å². The number of aryl methyl sites for hydroxylation is 2. The van der Waals surface area contributed by atoms with Crippen LogP contribution in [0.5, 0.6) is 0 Å². The predicted octanol–water partition coefficient (Wildman–Crippen LogP) is 6.15. The van der Waals surface area contributed by atoms with Crippen LogP contribution in [0.25, 0.3) is 11.2 Å². The minimum atomic E-state index is -4.88. The molecular weight excluding hydrogens is 496 g/mol. The summed E-state index contributed by atoms with van der Waals surface area (Å²) in [5.41, 5.74) is 0.817. The molecule has 5 rings (SSSR count). The fourth-order valence-corrected chi connectivity index (χ4v) is 4.41. The van der Waals surface area contributed by atoms with Gasteiger partial charge in [-0.15, -0.1) is 0 Å². The Morgan fingerprint density at radius 3 is 2.19 bits per heavy atom. The summed E-state index contributed by atoms with van der Waals surface area (Å²) in [5, 5.41) is 3.04. The number of rotatable bonds is 9. The highest BCUT2D eigenvalue weighted by Gasteiger charge is 2.37. The topological polar surface area (TPSA) is 46.0 Å². The first-order valence-corrected chi connectivity index (χ1v) is 12.1. The first-order valence-electron chi connectivity index (χ1n) is 12.1. The van der Waals surface area contributed by atoms with Gasteiger partial charge in [-0.3, -0.25) is 0 Å². The molecule has 3 aromatic rings. The third-order valence-corrected chi connectivity index (χ3v) is 6.78. The standard InChI is InChI=1S/C26H27F6N5/c1-15-34-22-9-19(12-33-11-18-7-20(25(27,28)29)10-21(8-18)26(30,31)32)23(35-24(22)36(15)2)37(13-16-3-4-16)14-17-5-6-17/h3,7-10,17,33H,4-6,11-14H2,1-2H3. The zero-order valence-corrected chi connectivity index (χ0v) is 20.5. The van der Waals surface area contributed by atoms with Gasteiger partial charge in [-0.25, -0.2) is 9.97 Å². The Labute approximate surface area is 210 Å². The molecule has 2 aliphatic rings. The molecule has 1 aromatic carbocycles. The van der Waals surface area contributed by atoms with Gasteiger partial charge in [0.25, 0.3) is 0 Å². The SMILES string of the molecule is Cc1nc2cc(CNCc3cc(C(F)(F)F)cc(C(F)(F)F)c3)c(N(CC3=CC3)CC3CC3)nc2n1C. The fraction of sp³-hybridized carbons (Fsp3) is 0.462. The highest BCUT2D eigenvalue weighted by atomic mass is 19.4. The van der Waals surface area contributed by atoms with E-state index in [0.717, 1.165) is 67.3 Å². The third-order valence-electron chi connectivity index (χ3n) is 6.78. The number of hydrogen-bond acceptors (Lipinski definition) is 4. The van der Waals surface area contributed by atoms with Gasteiger partial charge in [0.1, 0.15) is 17.2 Å². The molecule has 1 saturated carbocycles. The van der Waals surface area contributed by atoms with Crippen LogP contribution in [0.4, 0.5) is 32.2 Å². The summed E-state index contributed by atoms with van der Waals surface area (Å²) in [6.07, 6.45) is -4.30. The zero-order chi connectivity index (χ0) is 26.5. The number of nitrogens with one attached hydrogen (secondary N) is 1. The highest BCUT2D eigenvalue weighted by Crippen LogP contribution is 2.37. The summed E-state index contributed by atoms with van der Waals surface area (Å²) in [6, 6.07) is 3.56. The first-order chi connectivity index (χ1) is 17.4. The smallest absolute Gasteiger partial charge is 0.352 e. The van der Waals surface area contributed by atoms with Crippen molar-refractivity contribution in [1.29, 1.82) is 0 Å². The van der Waals surface area contributed by atoms with Crippen LogP contribution < -0.4 is 10.2 Å². The average molecular weight is 524 g/mol. The number of hydrogen-bond donors (Lipinski definition) is 1. The molecule has 0 radical (unpaired) electrons. The molecule has 2 aromatic heterocycles. The minimum Gasteiger partial charge on any atom is -0.352 e. The lowest BCUT2D eigenvalue weighted by molar-refractivity contribution is -0.143. The monoisotopic (exact) mass is 523 g/mol. The Bertz CT molecular complexity index is 1320. The van der Waals surface area contributed by atoms with E-state index in [1.165, 1.54) is 5.57 Å². The Kier molecular flexibility index (Phi) is 6.45. The van der Waals surface area contributed by atoms with Crippen LogP contribution in [0.15, 0.2) is 35.9 Å². The van der Waals surface area contributed by atoms with E-state index >= 15 is 0 Å². The van der Waals surface area contributed by atoms with Crippen LogP contribution >= 0.6 is 0 Å². The van der Waals surface area contributed by atoms with Crippen LogP contribution in [0.2, 0.25) is 0 Å². The molecule has 0 bridgehead atoms. The third kappa shape index (κ3) is 5.92. The van der Waals surface area contributed by atoms with E-state index in [9.17, 15) is 26.3 Å². The molecule has 1 fully saturated rings. The number of pyridine rings is 1. The van der Waals surface area contributed by atoms with E-state index in [0.29, 0.717) is 11.4 Å². The van der Waals surface area contributed by atoms with Crippen molar-refractivity contribution in [3.8, 4) is 0 Å². The molecule has 0 aliphatic heterocycles. The number of nitrogens with zero attached hydrogens (tertiary/aromatic N) is 4. The zero-order valence-electron chi connectivity index (χ0n) is 20.5.